The van der Waals surface area contributed by atoms with E-state index in [9.17, 15) is 14.4 Å². The fraction of sp³-hybridized carbons (Fsp3) is 0.545. The zero-order chi connectivity index (χ0) is 23.5. The number of hydrogen-bond acceptors (Lipinski definition) is 7. The summed E-state index contributed by atoms with van der Waals surface area (Å²) in [4.78, 5) is 38.1. The molecule has 0 radical (unpaired) electrons. The van der Waals surface area contributed by atoms with Gasteiger partial charge in [0, 0.05) is 0 Å². The van der Waals surface area contributed by atoms with Crippen LogP contribution in [0.1, 0.15) is 46.1 Å². The quantitative estimate of drug-likeness (QED) is 0.513. The zero-order valence-corrected chi connectivity index (χ0v) is 19.0. The van der Waals surface area contributed by atoms with E-state index in [2.05, 4.69) is 26.2 Å². The van der Waals surface area contributed by atoms with Crippen LogP contribution in [0.15, 0.2) is 36.7 Å². The van der Waals surface area contributed by atoms with Gasteiger partial charge in [-0.25, -0.2) is 9.48 Å². The van der Waals surface area contributed by atoms with Gasteiger partial charge in [-0.1, -0.05) is 58.0 Å². The topological polar surface area (TPSA) is 128 Å². The zero-order valence-electron chi connectivity index (χ0n) is 19.0. The number of nitrogens with one attached hydrogen (secondary N) is 2. The molecular weight excluding hydrogens is 412 g/mol. The van der Waals surface area contributed by atoms with E-state index < -0.39 is 24.1 Å². The maximum atomic E-state index is 13.0. The molecule has 0 bridgehead atoms. The second-order valence-corrected chi connectivity index (χ2v) is 8.55. The highest BCUT2D eigenvalue weighted by Crippen LogP contribution is 2.10. The van der Waals surface area contributed by atoms with Crippen LogP contribution >= 0.6 is 0 Å². The fourth-order valence-corrected chi connectivity index (χ4v) is 3.15. The lowest BCUT2D eigenvalue weighted by molar-refractivity contribution is -0.129. The van der Waals surface area contributed by atoms with Crippen molar-refractivity contribution in [1.82, 2.24) is 30.8 Å². The number of alkyl carbamates (subject to hydrolysis) is 1. The number of hydrogen-bond donors (Lipinski definition) is 2. The number of Topliss-reactive ketones (excluding diaryl/α,β-unsaturated/α-hetero) is 1. The molecule has 1 aromatic heterocycles. The van der Waals surface area contributed by atoms with Gasteiger partial charge in [0.05, 0.1) is 6.04 Å². The Bertz CT molecular complexity index is 855. The minimum absolute atomic E-state index is 0.0495. The number of ketones is 1. The SMILES string of the molecule is CC(C)C[C@H](NC(=O)[C@H](CC(C)C)NC(=O)OCc1ccccc1)C(=O)Cn1cnnn1. The maximum absolute atomic E-state index is 13.0. The van der Waals surface area contributed by atoms with Crippen LogP contribution in [0.5, 0.6) is 0 Å². The highest BCUT2D eigenvalue weighted by molar-refractivity contribution is 5.92. The van der Waals surface area contributed by atoms with Crippen molar-refractivity contribution in [2.24, 2.45) is 11.8 Å². The molecule has 0 aliphatic carbocycles. The number of ether oxygens (including phenoxy) is 1. The highest BCUT2D eigenvalue weighted by atomic mass is 16.5. The van der Waals surface area contributed by atoms with Crippen molar-refractivity contribution in [2.45, 2.75) is 65.8 Å². The Balaban J connectivity index is 2.00. The number of aromatic nitrogens is 4. The molecule has 174 valence electrons. The van der Waals surface area contributed by atoms with Crippen LogP contribution in [0.4, 0.5) is 4.79 Å². The molecular formula is C22H32N6O4. The minimum Gasteiger partial charge on any atom is -0.445 e. The molecule has 0 aliphatic heterocycles. The summed E-state index contributed by atoms with van der Waals surface area (Å²) in [7, 11) is 0. The maximum Gasteiger partial charge on any atom is 0.408 e. The molecule has 2 N–H and O–H groups in total. The van der Waals surface area contributed by atoms with Crippen molar-refractivity contribution in [3.63, 3.8) is 0 Å². The first-order valence-electron chi connectivity index (χ1n) is 10.8. The van der Waals surface area contributed by atoms with Gasteiger partial charge in [-0.2, -0.15) is 0 Å². The molecule has 0 saturated heterocycles. The number of carbonyl (C=O) groups excluding carboxylic acids is 3. The molecule has 0 spiro atoms. The average Bonchev–Trinajstić information content (AvgIpc) is 3.24. The van der Waals surface area contributed by atoms with Crippen molar-refractivity contribution < 1.29 is 19.1 Å². The van der Waals surface area contributed by atoms with E-state index in [-0.39, 0.29) is 30.8 Å². The third-order valence-electron chi connectivity index (χ3n) is 4.65. The van der Waals surface area contributed by atoms with Gasteiger partial charge in [-0.15, -0.1) is 5.10 Å². The van der Waals surface area contributed by atoms with Crippen molar-refractivity contribution in [3.8, 4) is 0 Å². The van der Waals surface area contributed by atoms with E-state index in [4.69, 9.17) is 4.74 Å². The molecule has 2 atom stereocenters. The molecule has 10 nitrogen and oxygen atoms in total. The molecule has 0 fully saturated rings. The first-order valence-corrected chi connectivity index (χ1v) is 10.8. The van der Waals surface area contributed by atoms with Crippen molar-refractivity contribution in [3.05, 3.63) is 42.2 Å². The molecule has 2 rings (SSSR count). The normalized spacial score (nSPS) is 12.9. The Morgan fingerprint density at radius 1 is 0.969 bits per heavy atom. The first-order chi connectivity index (χ1) is 15.2. The second-order valence-electron chi connectivity index (χ2n) is 8.55. The number of carbonyl (C=O) groups is 3. The Morgan fingerprint density at radius 3 is 2.22 bits per heavy atom. The fourth-order valence-electron chi connectivity index (χ4n) is 3.15. The Kier molecular flexibility index (Phi) is 9.77. The summed E-state index contributed by atoms with van der Waals surface area (Å²) < 4.78 is 6.57. The summed E-state index contributed by atoms with van der Waals surface area (Å²) in [5, 5.41) is 16.2. The first kappa shape index (κ1) is 25.0. The summed E-state index contributed by atoms with van der Waals surface area (Å²) in [6.07, 6.45) is 1.52. The lowest BCUT2D eigenvalue weighted by atomic mass is 9.98. The number of benzene rings is 1. The third-order valence-corrected chi connectivity index (χ3v) is 4.65. The largest absolute Gasteiger partial charge is 0.445 e. The predicted molar refractivity (Wildman–Crippen MR) is 117 cm³/mol. The smallest absolute Gasteiger partial charge is 0.408 e. The number of tetrazole rings is 1. The van der Waals surface area contributed by atoms with Crippen LogP contribution in [0, 0.1) is 11.8 Å². The van der Waals surface area contributed by atoms with E-state index >= 15 is 0 Å². The van der Waals surface area contributed by atoms with Gasteiger partial charge >= 0.3 is 6.09 Å². The highest BCUT2D eigenvalue weighted by Gasteiger charge is 2.28. The van der Waals surface area contributed by atoms with Gasteiger partial charge in [-0.05, 0) is 40.7 Å². The molecule has 32 heavy (non-hydrogen) atoms. The van der Waals surface area contributed by atoms with E-state index in [1.54, 1.807) is 0 Å². The number of amides is 2. The van der Waals surface area contributed by atoms with Crippen LogP contribution in [-0.2, 0) is 27.5 Å². The molecule has 10 heteroatoms. The standard InChI is InChI=1S/C22H32N6O4/c1-15(2)10-18(20(29)12-28-14-23-26-27-28)24-21(30)19(11-16(3)4)25-22(31)32-13-17-8-6-5-7-9-17/h5-9,14-16,18-19H,10-13H2,1-4H3,(H,24,30)(H,25,31)/t18-,19-/m0/s1. The lowest BCUT2D eigenvalue weighted by Gasteiger charge is -2.24. The lowest BCUT2D eigenvalue weighted by Crippen LogP contribution is -2.52. The summed E-state index contributed by atoms with van der Waals surface area (Å²) >= 11 is 0. The average molecular weight is 445 g/mol. The molecule has 0 unspecified atom stereocenters. The van der Waals surface area contributed by atoms with E-state index in [1.165, 1.54) is 11.0 Å². The van der Waals surface area contributed by atoms with Crippen LogP contribution < -0.4 is 10.6 Å². The van der Waals surface area contributed by atoms with Crippen LogP contribution in [-0.4, -0.2) is 50.1 Å². The van der Waals surface area contributed by atoms with Gasteiger partial charge in [0.15, 0.2) is 5.78 Å². The molecule has 1 heterocycles. The van der Waals surface area contributed by atoms with Crippen molar-refractivity contribution in [2.75, 3.05) is 0 Å². The van der Waals surface area contributed by atoms with Gasteiger partial charge in [0.1, 0.15) is 25.5 Å². The van der Waals surface area contributed by atoms with Gasteiger partial charge < -0.3 is 15.4 Å². The Labute approximate surface area is 188 Å². The molecule has 2 aromatic rings. The molecule has 0 saturated carbocycles. The molecule has 2 amide bonds. The summed E-state index contributed by atoms with van der Waals surface area (Å²) in [5.74, 6) is -0.327. The monoisotopic (exact) mass is 444 g/mol. The van der Waals surface area contributed by atoms with Crippen LogP contribution in [0.25, 0.3) is 0 Å². The Morgan fingerprint density at radius 2 is 1.62 bits per heavy atom. The van der Waals surface area contributed by atoms with Gasteiger partial charge in [0.25, 0.3) is 0 Å². The van der Waals surface area contributed by atoms with E-state index in [1.807, 2.05) is 58.0 Å². The van der Waals surface area contributed by atoms with Crippen LogP contribution in [0.3, 0.4) is 0 Å². The number of nitrogens with zero attached hydrogens (tertiary/aromatic N) is 4. The van der Waals surface area contributed by atoms with E-state index in [0.29, 0.717) is 12.8 Å². The number of rotatable bonds is 12. The van der Waals surface area contributed by atoms with Gasteiger partial charge in [-0.3, -0.25) is 9.59 Å². The summed E-state index contributed by atoms with van der Waals surface area (Å²) in [5.41, 5.74) is 0.845. The van der Waals surface area contributed by atoms with Crippen LogP contribution in [0.2, 0.25) is 0 Å². The van der Waals surface area contributed by atoms with Crippen molar-refractivity contribution in [1.29, 1.82) is 0 Å². The minimum atomic E-state index is -0.825. The summed E-state index contributed by atoms with van der Waals surface area (Å²) in [6.45, 7) is 7.88. The molecule has 0 aliphatic rings. The summed E-state index contributed by atoms with van der Waals surface area (Å²) in [6, 6.07) is 7.73. The second kappa shape index (κ2) is 12.5. The predicted octanol–water partition coefficient (Wildman–Crippen LogP) is 2.11. The van der Waals surface area contributed by atoms with E-state index in [0.717, 1.165) is 5.56 Å². The third kappa shape index (κ3) is 8.83. The molecule has 1 aromatic carbocycles. The van der Waals surface area contributed by atoms with Crippen molar-refractivity contribution >= 4 is 17.8 Å². The van der Waals surface area contributed by atoms with Gasteiger partial charge in [0.2, 0.25) is 5.91 Å². The Hall–Kier alpha value is -3.30.